The van der Waals surface area contributed by atoms with Gasteiger partial charge in [-0.2, -0.15) is 0 Å². The van der Waals surface area contributed by atoms with Gasteiger partial charge in [0.15, 0.2) is 0 Å². The lowest BCUT2D eigenvalue weighted by atomic mass is 9.99. The van der Waals surface area contributed by atoms with Crippen LogP contribution in [0.15, 0.2) is 24.3 Å². The first-order valence-electron chi connectivity index (χ1n) is 6.53. The van der Waals surface area contributed by atoms with Crippen LogP contribution in [0.1, 0.15) is 31.9 Å². The maximum Gasteiger partial charge on any atom is 0.573 e. The Morgan fingerprint density at radius 3 is 2.45 bits per heavy atom. The van der Waals surface area contributed by atoms with E-state index >= 15 is 0 Å². The lowest BCUT2D eigenvalue weighted by Crippen LogP contribution is -2.33. The van der Waals surface area contributed by atoms with Crippen molar-refractivity contribution < 1.29 is 22.6 Å². The number of benzene rings is 1. The van der Waals surface area contributed by atoms with Gasteiger partial charge in [0.05, 0.1) is 12.1 Å². The van der Waals surface area contributed by atoms with Gasteiger partial charge in [0.1, 0.15) is 5.75 Å². The van der Waals surface area contributed by atoms with Crippen LogP contribution < -0.4 is 10.1 Å². The number of nitrogens with one attached hydrogen (secondary N) is 1. The molecule has 0 spiro atoms. The summed E-state index contributed by atoms with van der Waals surface area (Å²) in [6, 6.07) is 5.81. The second kappa shape index (κ2) is 7.50. The molecule has 0 bridgehead atoms. The molecule has 2 unspecified atom stereocenters. The molecule has 0 aromatic heterocycles. The number of rotatable bonds is 7. The maximum atomic E-state index is 12.3. The molecule has 0 heterocycles. The molecule has 0 amide bonds. The second-order valence-electron chi connectivity index (χ2n) is 4.34. The Labute approximate surface area is 117 Å². The van der Waals surface area contributed by atoms with E-state index in [4.69, 9.17) is 4.74 Å². The van der Waals surface area contributed by atoms with Crippen molar-refractivity contribution in [3.05, 3.63) is 29.8 Å². The van der Waals surface area contributed by atoms with Gasteiger partial charge >= 0.3 is 6.36 Å². The lowest BCUT2D eigenvalue weighted by molar-refractivity contribution is -0.274. The summed E-state index contributed by atoms with van der Waals surface area (Å²) >= 11 is 0. The molecule has 0 fully saturated rings. The Morgan fingerprint density at radius 2 is 1.95 bits per heavy atom. The zero-order chi connectivity index (χ0) is 15.2. The summed E-state index contributed by atoms with van der Waals surface area (Å²) in [6.07, 6.45) is -4.05. The van der Waals surface area contributed by atoms with Gasteiger partial charge in [0.25, 0.3) is 0 Å². The van der Waals surface area contributed by atoms with Gasteiger partial charge in [0.2, 0.25) is 0 Å². The highest BCUT2D eigenvalue weighted by atomic mass is 19.4. The molecule has 1 rings (SSSR count). The van der Waals surface area contributed by atoms with Gasteiger partial charge in [-0.1, -0.05) is 26.0 Å². The van der Waals surface area contributed by atoms with Crippen LogP contribution in [0.5, 0.6) is 5.75 Å². The molecular weight excluding hydrogens is 271 g/mol. The van der Waals surface area contributed by atoms with Crippen molar-refractivity contribution in [3.63, 3.8) is 0 Å². The fraction of sp³-hybridized carbons (Fsp3) is 0.571. The Kier molecular flexibility index (Phi) is 6.29. The number of halogens is 3. The standard InChI is InChI=1S/C14H20F3NO2/c1-4-12(19-3)13(18-5-2)10-7-6-8-11(9-10)20-14(15,16)17/h6-9,12-13,18H,4-5H2,1-3H3. The van der Waals surface area contributed by atoms with E-state index in [1.54, 1.807) is 19.2 Å². The number of ether oxygens (including phenoxy) is 2. The summed E-state index contributed by atoms with van der Waals surface area (Å²) in [5.74, 6) is -0.219. The smallest absolute Gasteiger partial charge is 0.406 e. The van der Waals surface area contributed by atoms with Crippen molar-refractivity contribution in [1.29, 1.82) is 0 Å². The summed E-state index contributed by atoms with van der Waals surface area (Å²) in [6.45, 7) is 4.59. The molecule has 0 aliphatic carbocycles. The van der Waals surface area contributed by atoms with E-state index in [-0.39, 0.29) is 17.9 Å². The van der Waals surface area contributed by atoms with Gasteiger partial charge in [0, 0.05) is 7.11 Å². The zero-order valence-corrected chi connectivity index (χ0v) is 11.8. The number of methoxy groups -OCH3 is 1. The van der Waals surface area contributed by atoms with E-state index in [0.717, 1.165) is 6.42 Å². The molecule has 1 aromatic rings. The molecule has 0 radical (unpaired) electrons. The normalized spacial score (nSPS) is 14.9. The molecule has 114 valence electrons. The monoisotopic (exact) mass is 291 g/mol. The van der Waals surface area contributed by atoms with Crippen LogP contribution in [0.3, 0.4) is 0 Å². The molecule has 0 aliphatic heterocycles. The molecule has 20 heavy (non-hydrogen) atoms. The molecule has 3 nitrogen and oxygen atoms in total. The number of likely N-dealkylation sites (N-methyl/N-ethyl adjacent to an activating group) is 1. The SMILES string of the molecule is CCNC(c1cccc(OC(F)(F)F)c1)C(CC)OC. The molecule has 6 heteroatoms. The first kappa shape index (κ1) is 16.8. The predicted octanol–water partition coefficient (Wildman–Crippen LogP) is 3.66. The van der Waals surface area contributed by atoms with Gasteiger partial charge in [-0.05, 0) is 30.7 Å². The van der Waals surface area contributed by atoms with E-state index in [9.17, 15) is 13.2 Å². The summed E-state index contributed by atoms with van der Waals surface area (Å²) in [5.41, 5.74) is 0.710. The summed E-state index contributed by atoms with van der Waals surface area (Å²) < 4.78 is 46.1. The number of hydrogen-bond acceptors (Lipinski definition) is 3. The Balaban J connectivity index is 2.99. The van der Waals surface area contributed by atoms with Crippen molar-refractivity contribution in [2.75, 3.05) is 13.7 Å². The Bertz CT molecular complexity index is 406. The first-order valence-corrected chi connectivity index (χ1v) is 6.53. The van der Waals surface area contributed by atoms with Crippen LogP contribution in [0.4, 0.5) is 13.2 Å². The van der Waals surface area contributed by atoms with Crippen LogP contribution in [0.25, 0.3) is 0 Å². The number of hydrogen-bond donors (Lipinski definition) is 1. The Hall–Kier alpha value is -1.27. The van der Waals surface area contributed by atoms with Crippen LogP contribution in [0, 0.1) is 0 Å². The minimum Gasteiger partial charge on any atom is -0.406 e. The average Bonchev–Trinajstić information content (AvgIpc) is 2.37. The van der Waals surface area contributed by atoms with Crippen molar-refractivity contribution >= 4 is 0 Å². The lowest BCUT2D eigenvalue weighted by Gasteiger charge is -2.26. The molecule has 1 aromatic carbocycles. The van der Waals surface area contributed by atoms with Crippen LogP contribution >= 0.6 is 0 Å². The summed E-state index contributed by atoms with van der Waals surface area (Å²) in [4.78, 5) is 0. The van der Waals surface area contributed by atoms with E-state index in [1.807, 2.05) is 13.8 Å². The number of alkyl halides is 3. The Morgan fingerprint density at radius 1 is 1.25 bits per heavy atom. The van der Waals surface area contributed by atoms with Crippen LogP contribution in [0.2, 0.25) is 0 Å². The highest BCUT2D eigenvalue weighted by Crippen LogP contribution is 2.28. The van der Waals surface area contributed by atoms with Crippen molar-refractivity contribution in [2.45, 2.75) is 38.8 Å². The molecule has 0 aliphatic rings. The third-order valence-corrected chi connectivity index (χ3v) is 2.95. The fourth-order valence-electron chi connectivity index (χ4n) is 2.13. The average molecular weight is 291 g/mol. The zero-order valence-electron chi connectivity index (χ0n) is 11.8. The van der Waals surface area contributed by atoms with Gasteiger partial charge in [-0.3, -0.25) is 0 Å². The van der Waals surface area contributed by atoms with Gasteiger partial charge in [-0.25, -0.2) is 0 Å². The molecular formula is C14H20F3NO2. The van der Waals surface area contributed by atoms with E-state index in [0.29, 0.717) is 12.1 Å². The van der Waals surface area contributed by atoms with Crippen LogP contribution in [-0.4, -0.2) is 26.1 Å². The van der Waals surface area contributed by atoms with Crippen molar-refractivity contribution in [3.8, 4) is 5.75 Å². The maximum absolute atomic E-state index is 12.3. The molecule has 0 saturated carbocycles. The highest BCUT2D eigenvalue weighted by Gasteiger charge is 2.31. The van der Waals surface area contributed by atoms with E-state index in [1.165, 1.54) is 12.1 Å². The summed E-state index contributed by atoms with van der Waals surface area (Å²) in [7, 11) is 1.59. The second-order valence-corrected chi connectivity index (χ2v) is 4.34. The predicted molar refractivity (Wildman–Crippen MR) is 70.6 cm³/mol. The van der Waals surface area contributed by atoms with Gasteiger partial charge < -0.3 is 14.8 Å². The largest absolute Gasteiger partial charge is 0.573 e. The third kappa shape index (κ3) is 5.02. The molecule has 0 saturated heterocycles. The molecule has 2 atom stereocenters. The van der Waals surface area contributed by atoms with E-state index in [2.05, 4.69) is 10.1 Å². The topological polar surface area (TPSA) is 30.5 Å². The summed E-state index contributed by atoms with van der Waals surface area (Å²) in [5, 5.41) is 3.23. The third-order valence-electron chi connectivity index (χ3n) is 2.95. The fourth-order valence-corrected chi connectivity index (χ4v) is 2.13. The highest BCUT2D eigenvalue weighted by molar-refractivity contribution is 5.31. The minimum atomic E-state index is -4.68. The van der Waals surface area contributed by atoms with E-state index < -0.39 is 6.36 Å². The minimum absolute atomic E-state index is 0.115. The van der Waals surface area contributed by atoms with Crippen LogP contribution in [-0.2, 0) is 4.74 Å². The van der Waals surface area contributed by atoms with Gasteiger partial charge in [-0.15, -0.1) is 13.2 Å². The van der Waals surface area contributed by atoms with Crippen molar-refractivity contribution in [1.82, 2.24) is 5.32 Å². The first-order chi connectivity index (χ1) is 9.41. The van der Waals surface area contributed by atoms with Crippen molar-refractivity contribution in [2.24, 2.45) is 0 Å². The molecule has 1 N–H and O–H groups in total. The quantitative estimate of drug-likeness (QED) is 0.831.